The first-order valence-electron chi connectivity index (χ1n) is 3.85. The SMILES string of the molecule is C=CCONc1ccc(C#N)cc1. The van der Waals surface area contributed by atoms with Gasteiger partial charge in [-0.25, -0.2) is 0 Å². The van der Waals surface area contributed by atoms with Crippen molar-refractivity contribution in [1.82, 2.24) is 0 Å². The molecule has 0 aliphatic rings. The molecule has 66 valence electrons. The summed E-state index contributed by atoms with van der Waals surface area (Å²) in [5, 5.41) is 8.53. The minimum absolute atomic E-state index is 0.444. The summed E-state index contributed by atoms with van der Waals surface area (Å²) in [6.45, 7) is 3.96. The molecule has 13 heavy (non-hydrogen) atoms. The van der Waals surface area contributed by atoms with Crippen LogP contribution in [0.3, 0.4) is 0 Å². The summed E-state index contributed by atoms with van der Waals surface area (Å²) in [6, 6.07) is 9.04. The molecule has 0 atom stereocenters. The van der Waals surface area contributed by atoms with Gasteiger partial charge in [-0.3, -0.25) is 10.3 Å². The summed E-state index contributed by atoms with van der Waals surface area (Å²) in [5.41, 5.74) is 4.17. The summed E-state index contributed by atoms with van der Waals surface area (Å²) in [4.78, 5) is 4.99. The van der Waals surface area contributed by atoms with E-state index < -0.39 is 0 Å². The molecule has 0 amide bonds. The van der Waals surface area contributed by atoms with Crippen molar-refractivity contribution in [2.75, 3.05) is 12.1 Å². The molecule has 0 saturated carbocycles. The van der Waals surface area contributed by atoms with E-state index in [0.717, 1.165) is 5.69 Å². The molecule has 0 spiro atoms. The number of nitrogens with zero attached hydrogens (tertiary/aromatic N) is 1. The molecule has 0 unspecified atom stereocenters. The highest BCUT2D eigenvalue weighted by Gasteiger charge is 1.91. The number of benzene rings is 1. The quantitative estimate of drug-likeness (QED) is 0.432. The third kappa shape index (κ3) is 2.97. The number of hydrogen-bond donors (Lipinski definition) is 1. The Labute approximate surface area is 77.2 Å². The second-order valence-electron chi connectivity index (χ2n) is 2.39. The Morgan fingerprint density at radius 1 is 1.46 bits per heavy atom. The molecule has 0 bridgehead atoms. The van der Waals surface area contributed by atoms with Crippen LogP contribution in [0.2, 0.25) is 0 Å². The van der Waals surface area contributed by atoms with E-state index in [9.17, 15) is 0 Å². The maximum atomic E-state index is 8.53. The second kappa shape index (κ2) is 4.96. The smallest absolute Gasteiger partial charge is 0.0991 e. The van der Waals surface area contributed by atoms with E-state index >= 15 is 0 Å². The zero-order chi connectivity index (χ0) is 9.52. The van der Waals surface area contributed by atoms with Crippen molar-refractivity contribution >= 4 is 5.69 Å². The highest BCUT2D eigenvalue weighted by molar-refractivity contribution is 5.45. The van der Waals surface area contributed by atoms with Gasteiger partial charge in [0.2, 0.25) is 0 Å². The number of rotatable bonds is 4. The van der Waals surface area contributed by atoms with Gasteiger partial charge < -0.3 is 0 Å². The predicted molar refractivity (Wildman–Crippen MR) is 50.9 cm³/mol. The second-order valence-corrected chi connectivity index (χ2v) is 2.39. The third-order valence-electron chi connectivity index (χ3n) is 1.41. The van der Waals surface area contributed by atoms with E-state index in [1.165, 1.54) is 0 Å². The lowest BCUT2D eigenvalue weighted by Crippen LogP contribution is -2.00. The number of hydrogen-bond acceptors (Lipinski definition) is 3. The highest BCUT2D eigenvalue weighted by atomic mass is 16.6. The molecule has 3 nitrogen and oxygen atoms in total. The summed E-state index contributed by atoms with van der Waals surface area (Å²) >= 11 is 0. The van der Waals surface area contributed by atoms with E-state index in [-0.39, 0.29) is 0 Å². The molecule has 1 N–H and O–H groups in total. The summed E-state index contributed by atoms with van der Waals surface area (Å²) in [5.74, 6) is 0. The maximum Gasteiger partial charge on any atom is 0.0991 e. The lowest BCUT2D eigenvalue weighted by molar-refractivity contribution is 0.228. The van der Waals surface area contributed by atoms with Gasteiger partial charge in [0.1, 0.15) is 0 Å². The van der Waals surface area contributed by atoms with E-state index in [1.54, 1.807) is 30.3 Å². The van der Waals surface area contributed by atoms with Crippen LogP contribution in [0.4, 0.5) is 5.69 Å². The standard InChI is InChI=1S/C10H10N2O/c1-2-7-13-12-10-5-3-9(8-11)4-6-10/h2-6,12H,1,7H2. The average molecular weight is 174 g/mol. The van der Waals surface area contributed by atoms with Crippen molar-refractivity contribution in [3.8, 4) is 6.07 Å². The van der Waals surface area contributed by atoms with Crippen LogP contribution < -0.4 is 5.48 Å². The first-order chi connectivity index (χ1) is 6.36. The van der Waals surface area contributed by atoms with Gasteiger partial charge in [-0.05, 0) is 24.3 Å². The largest absolute Gasteiger partial charge is 0.272 e. The Bertz CT molecular complexity index is 311. The van der Waals surface area contributed by atoms with Gasteiger partial charge >= 0.3 is 0 Å². The van der Waals surface area contributed by atoms with Gasteiger partial charge in [0.05, 0.1) is 23.9 Å². The lowest BCUT2D eigenvalue weighted by Gasteiger charge is -2.03. The van der Waals surface area contributed by atoms with Gasteiger partial charge in [0, 0.05) is 0 Å². The number of nitriles is 1. The van der Waals surface area contributed by atoms with Gasteiger partial charge in [0.15, 0.2) is 0 Å². The monoisotopic (exact) mass is 174 g/mol. The molecule has 3 heteroatoms. The first-order valence-corrected chi connectivity index (χ1v) is 3.85. The van der Waals surface area contributed by atoms with Crippen molar-refractivity contribution < 1.29 is 4.84 Å². The number of anilines is 1. The summed E-state index contributed by atoms with van der Waals surface area (Å²) < 4.78 is 0. The van der Waals surface area contributed by atoms with Gasteiger partial charge in [-0.2, -0.15) is 5.26 Å². The topological polar surface area (TPSA) is 45.0 Å². The van der Waals surface area contributed by atoms with Crippen LogP contribution in [0.1, 0.15) is 5.56 Å². The zero-order valence-corrected chi connectivity index (χ0v) is 7.16. The molecule has 0 aromatic heterocycles. The Morgan fingerprint density at radius 2 is 2.15 bits per heavy atom. The zero-order valence-electron chi connectivity index (χ0n) is 7.16. The first kappa shape index (κ1) is 9.30. The van der Waals surface area contributed by atoms with Crippen molar-refractivity contribution in [3.63, 3.8) is 0 Å². The number of nitrogens with one attached hydrogen (secondary N) is 1. The van der Waals surface area contributed by atoms with Gasteiger partial charge in [-0.1, -0.05) is 6.08 Å². The molecule has 1 rings (SSSR count). The molecular formula is C10H10N2O. The van der Waals surface area contributed by atoms with Crippen LogP contribution in [-0.2, 0) is 4.84 Å². The van der Waals surface area contributed by atoms with E-state index in [2.05, 4.69) is 12.1 Å². The Balaban J connectivity index is 2.50. The van der Waals surface area contributed by atoms with Crippen LogP contribution in [0, 0.1) is 11.3 Å². The Morgan fingerprint density at radius 3 is 2.69 bits per heavy atom. The van der Waals surface area contributed by atoms with Crippen molar-refractivity contribution in [3.05, 3.63) is 42.5 Å². The highest BCUT2D eigenvalue weighted by Crippen LogP contribution is 2.08. The van der Waals surface area contributed by atoms with Crippen molar-refractivity contribution in [2.45, 2.75) is 0 Å². The Hall–Kier alpha value is -1.79. The molecule has 1 aromatic rings. The van der Waals surface area contributed by atoms with Gasteiger partial charge in [0.25, 0.3) is 0 Å². The fraction of sp³-hybridized carbons (Fsp3) is 0.100. The molecule has 0 fully saturated rings. The minimum Gasteiger partial charge on any atom is -0.272 e. The molecular weight excluding hydrogens is 164 g/mol. The lowest BCUT2D eigenvalue weighted by atomic mass is 10.2. The minimum atomic E-state index is 0.444. The maximum absolute atomic E-state index is 8.53. The van der Waals surface area contributed by atoms with Crippen LogP contribution in [0.5, 0.6) is 0 Å². The van der Waals surface area contributed by atoms with Crippen LogP contribution in [0.15, 0.2) is 36.9 Å². The molecule has 0 aliphatic carbocycles. The molecule has 0 radical (unpaired) electrons. The third-order valence-corrected chi connectivity index (χ3v) is 1.41. The fourth-order valence-electron chi connectivity index (χ4n) is 0.797. The van der Waals surface area contributed by atoms with Gasteiger partial charge in [-0.15, -0.1) is 6.58 Å². The van der Waals surface area contributed by atoms with Crippen molar-refractivity contribution in [2.24, 2.45) is 0 Å². The van der Waals surface area contributed by atoms with Crippen molar-refractivity contribution in [1.29, 1.82) is 5.26 Å². The molecule has 0 aliphatic heterocycles. The summed E-state index contributed by atoms with van der Waals surface area (Å²) in [6.07, 6.45) is 1.65. The van der Waals surface area contributed by atoms with Crippen LogP contribution in [0.25, 0.3) is 0 Å². The fourth-order valence-corrected chi connectivity index (χ4v) is 0.797. The van der Waals surface area contributed by atoms with Crippen LogP contribution in [-0.4, -0.2) is 6.61 Å². The Kier molecular flexibility index (Phi) is 3.55. The van der Waals surface area contributed by atoms with Crippen LogP contribution >= 0.6 is 0 Å². The molecule has 0 heterocycles. The van der Waals surface area contributed by atoms with E-state index in [0.29, 0.717) is 12.2 Å². The summed E-state index contributed by atoms with van der Waals surface area (Å²) in [7, 11) is 0. The normalized spacial score (nSPS) is 8.85. The van der Waals surface area contributed by atoms with E-state index in [4.69, 9.17) is 10.1 Å². The van der Waals surface area contributed by atoms with E-state index in [1.807, 2.05) is 6.07 Å². The average Bonchev–Trinajstić information content (AvgIpc) is 2.19. The molecule has 0 saturated heterocycles. The predicted octanol–water partition coefficient (Wildman–Crippen LogP) is 2.09. The molecule has 1 aromatic carbocycles.